The molecule has 3 heteroatoms. The first-order chi connectivity index (χ1) is 12.0. The molecule has 0 bridgehead atoms. The molecule has 0 amide bonds. The maximum Gasteiger partial charge on any atom is 0.131 e. The van der Waals surface area contributed by atoms with E-state index in [-0.39, 0.29) is 4.75 Å². The molecular weight excluding hydrogens is 342 g/mol. The molecule has 0 aliphatic rings. The number of unbranched alkanes of at least 4 members (excludes halogenated alkanes) is 15. The third kappa shape index (κ3) is 20.4. The number of rotatable bonds is 18. The second kappa shape index (κ2) is 17.6. The van der Waals surface area contributed by atoms with E-state index in [0.29, 0.717) is 4.32 Å². The molecule has 0 rings (SSSR count). The molecular formula is C22H45NS2. The molecule has 0 fully saturated rings. The van der Waals surface area contributed by atoms with Crippen LogP contribution in [-0.2, 0) is 0 Å². The minimum absolute atomic E-state index is 0.210. The monoisotopic (exact) mass is 387 g/mol. The van der Waals surface area contributed by atoms with Crippen molar-refractivity contribution in [2.75, 3.05) is 0 Å². The van der Waals surface area contributed by atoms with E-state index in [2.05, 4.69) is 20.8 Å². The largest absolute Gasteiger partial charge is 0.385 e. The van der Waals surface area contributed by atoms with Gasteiger partial charge in [-0.25, -0.2) is 0 Å². The van der Waals surface area contributed by atoms with Gasteiger partial charge < -0.3 is 5.73 Å². The van der Waals surface area contributed by atoms with Crippen molar-refractivity contribution in [2.24, 2.45) is 5.73 Å². The average molecular weight is 388 g/mol. The number of thiocarbonyl (C=S) groups is 1. The van der Waals surface area contributed by atoms with Crippen LogP contribution < -0.4 is 5.73 Å². The van der Waals surface area contributed by atoms with Gasteiger partial charge in [0.1, 0.15) is 4.32 Å². The van der Waals surface area contributed by atoms with Crippen molar-refractivity contribution >= 4 is 28.3 Å². The van der Waals surface area contributed by atoms with Crippen LogP contribution in [0.5, 0.6) is 0 Å². The number of thioether (sulfide) groups is 1. The van der Waals surface area contributed by atoms with Crippen molar-refractivity contribution in [3.05, 3.63) is 0 Å². The van der Waals surface area contributed by atoms with Gasteiger partial charge in [-0.3, -0.25) is 0 Å². The molecule has 0 atom stereocenters. The van der Waals surface area contributed by atoms with E-state index >= 15 is 0 Å². The van der Waals surface area contributed by atoms with E-state index in [1.807, 2.05) is 0 Å². The second-order valence-corrected chi connectivity index (χ2v) is 10.7. The van der Waals surface area contributed by atoms with Crippen molar-refractivity contribution < 1.29 is 0 Å². The van der Waals surface area contributed by atoms with Crippen LogP contribution >= 0.6 is 24.0 Å². The molecule has 0 aliphatic carbocycles. The van der Waals surface area contributed by atoms with E-state index in [0.717, 1.165) is 0 Å². The molecule has 150 valence electrons. The molecule has 0 spiro atoms. The lowest BCUT2D eigenvalue weighted by Gasteiger charge is -2.22. The quantitative estimate of drug-likeness (QED) is 0.189. The predicted molar refractivity (Wildman–Crippen MR) is 123 cm³/mol. The van der Waals surface area contributed by atoms with Gasteiger partial charge in [-0.15, -0.1) is 0 Å². The van der Waals surface area contributed by atoms with Gasteiger partial charge >= 0.3 is 0 Å². The molecule has 0 aromatic heterocycles. The highest BCUT2D eigenvalue weighted by Crippen LogP contribution is 2.30. The van der Waals surface area contributed by atoms with Gasteiger partial charge in [-0.1, -0.05) is 147 Å². The summed E-state index contributed by atoms with van der Waals surface area (Å²) in [5, 5.41) is 0. The molecule has 0 aromatic rings. The van der Waals surface area contributed by atoms with Gasteiger partial charge in [0.05, 0.1) is 0 Å². The topological polar surface area (TPSA) is 26.0 Å². The molecule has 2 N–H and O–H groups in total. The van der Waals surface area contributed by atoms with Crippen LogP contribution in [0, 0.1) is 0 Å². The third-order valence-corrected chi connectivity index (χ3v) is 6.22. The Morgan fingerprint density at radius 3 is 1.32 bits per heavy atom. The van der Waals surface area contributed by atoms with Crippen LogP contribution in [0.15, 0.2) is 0 Å². The summed E-state index contributed by atoms with van der Waals surface area (Å²) in [7, 11) is 0. The summed E-state index contributed by atoms with van der Waals surface area (Å²) >= 11 is 6.65. The van der Waals surface area contributed by atoms with Gasteiger partial charge in [-0.05, 0) is 6.42 Å². The Morgan fingerprint density at radius 1 is 0.680 bits per heavy atom. The fourth-order valence-corrected chi connectivity index (χ4v) is 4.89. The first-order valence-electron chi connectivity index (χ1n) is 11.0. The zero-order chi connectivity index (χ0) is 18.8. The molecule has 0 heterocycles. The van der Waals surface area contributed by atoms with Crippen LogP contribution in [0.3, 0.4) is 0 Å². The Morgan fingerprint density at radius 2 is 1.00 bits per heavy atom. The number of hydrogen-bond donors (Lipinski definition) is 1. The Bertz CT molecular complexity index is 302. The van der Waals surface area contributed by atoms with Crippen molar-refractivity contribution in [2.45, 2.75) is 135 Å². The molecule has 0 unspecified atom stereocenters. The van der Waals surface area contributed by atoms with Gasteiger partial charge in [-0.2, -0.15) is 0 Å². The zero-order valence-electron chi connectivity index (χ0n) is 17.4. The minimum atomic E-state index is 0.210. The fourth-order valence-electron chi connectivity index (χ4n) is 3.42. The molecule has 0 saturated heterocycles. The molecule has 0 radical (unpaired) electrons. The highest BCUT2D eigenvalue weighted by atomic mass is 32.2. The van der Waals surface area contributed by atoms with Gasteiger partial charge in [0.2, 0.25) is 0 Å². The second-order valence-electron chi connectivity index (χ2n) is 8.23. The Labute approximate surface area is 168 Å². The highest BCUT2D eigenvalue weighted by Gasteiger charge is 2.18. The van der Waals surface area contributed by atoms with Crippen molar-refractivity contribution in [1.82, 2.24) is 0 Å². The normalized spacial score (nSPS) is 11.8. The summed E-state index contributed by atoms with van der Waals surface area (Å²) in [6.07, 6.45) is 24.0. The van der Waals surface area contributed by atoms with Gasteiger partial charge in [0.25, 0.3) is 0 Å². The smallest absolute Gasteiger partial charge is 0.131 e. The molecule has 0 aromatic carbocycles. The van der Waals surface area contributed by atoms with E-state index in [1.54, 1.807) is 11.8 Å². The first kappa shape index (κ1) is 25.2. The van der Waals surface area contributed by atoms with E-state index in [4.69, 9.17) is 18.0 Å². The van der Waals surface area contributed by atoms with Crippen LogP contribution in [0.25, 0.3) is 0 Å². The standard InChI is InChI=1S/C22H45NS2/c1-4-5-6-7-8-9-10-11-12-13-14-15-16-17-18-19-20-22(2,3)25-21(23)24/h4-20H2,1-3H3,(H2,23,24). The zero-order valence-corrected chi connectivity index (χ0v) is 19.0. The van der Waals surface area contributed by atoms with Crippen molar-refractivity contribution in [1.29, 1.82) is 0 Å². The predicted octanol–water partition coefficient (Wildman–Crippen LogP) is 8.39. The summed E-state index contributed by atoms with van der Waals surface area (Å²) in [4.78, 5) is 0. The van der Waals surface area contributed by atoms with Crippen LogP contribution in [-0.4, -0.2) is 9.07 Å². The Kier molecular flexibility index (Phi) is 17.8. The summed E-state index contributed by atoms with van der Waals surface area (Å²) in [6, 6.07) is 0. The first-order valence-corrected chi connectivity index (χ1v) is 12.2. The lowest BCUT2D eigenvalue weighted by atomic mass is 10.0. The van der Waals surface area contributed by atoms with Crippen LogP contribution in [0.1, 0.15) is 130 Å². The molecule has 25 heavy (non-hydrogen) atoms. The maximum absolute atomic E-state index is 5.63. The highest BCUT2D eigenvalue weighted by molar-refractivity contribution is 8.23. The van der Waals surface area contributed by atoms with Gasteiger partial charge in [0.15, 0.2) is 0 Å². The lowest BCUT2D eigenvalue weighted by Crippen LogP contribution is -2.20. The fraction of sp³-hybridized carbons (Fsp3) is 0.955. The molecule has 0 aliphatic heterocycles. The van der Waals surface area contributed by atoms with Crippen molar-refractivity contribution in [3.63, 3.8) is 0 Å². The summed E-state index contributed by atoms with van der Waals surface area (Å²) < 4.78 is 0.795. The minimum Gasteiger partial charge on any atom is -0.385 e. The SMILES string of the molecule is CCCCCCCCCCCCCCCCCCC(C)(C)SC(N)=S. The summed E-state index contributed by atoms with van der Waals surface area (Å²) in [5.41, 5.74) is 5.63. The molecule has 0 saturated carbocycles. The van der Waals surface area contributed by atoms with Gasteiger partial charge in [0, 0.05) is 4.75 Å². The van der Waals surface area contributed by atoms with E-state index in [1.165, 1.54) is 109 Å². The Hall–Kier alpha value is 0.240. The van der Waals surface area contributed by atoms with Crippen LogP contribution in [0.4, 0.5) is 0 Å². The summed E-state index contributed by atoms with van der Waals surface area (Å²) in [5.74, 6) is 0. The number of nitrogens with two attached hydrogens (primary N) is 1. The van der Waals surface area contributed by atoms with E-state index in [9.17, 15) is 0 Å². The summed E-state index contributed by atoms with van der Waals surface area (Å²) in [6.45, 7) is 6.80. The number of hydrogen-bond acceptors (Lipinski definition) is 2. The lowest BCUT2D eigenvalue weighted by molar-refractivity contribution is 0.517. The maximum atomic E-state index is 5.63. The average Bonchev–Trinajstić information content (AvgIpc) is 2.53. The Balaban J connectivity index is 3.18. The third-order valence-electron chi connectivity index (χ3n) is 5.01. The van der Waals surface area contributed by atoms with E-state index < -0.39 is 0 Å². The van der Waals surface area contributed by atoms with Crippen LogP contribution in [0.2, 0.25) is 0 Å². The van der Waals surface area contributed by atoms with Crippen molar-refractivity contribution in [3.8, 4) is 0 Å². The molecule has 1 nitrogen and oxygen atoms in total.